The van der Waals surface area contributed by atoms with Gasteiger partial charge in [-0.3, -0.25) is 9.13 Å². The molecule has 0 amide bonds. The van der Waals surface area contributed by atoms with Crippen LogP contribution in [-0.2, 0) is 11.8 Å². The molecular formula is C11H15N5O5. The Labute approximate surface area is 118 Å². The van der Waals surface area contributed by atoms with Crippen molar-refractivity contribution in [1.82, 2.24) is 19.1 Å². The maximum atomic E-state index is 11.7. The topological polar surface area (TPSA) is 149 Å². The Morgan fingerprint density at radius 1 is 1.43 bits per heavy atom. The van der Waals surface area contributed by atoms with E-state index in [9.17, 15) is 15.0 Å². The number of aryl methyl sites for hydroxylation is 1. The molecule has 0 radical (unpaired) electrons. The van der Waals surface area contributed by atoms with Gasteiger partial charge >= 0.3 is 5.69 Å². The smallest absolute Gasteiger partial charge is 0.350 e. The van der Waals surface area contributed by atoms with E-state index >= 15 is 0 Å². The van der Waals surface area contributed by atoms with E-state index in [4.69, 9.17) is 15.6 Å². The first-order chi connectivity index (χ1) is 9.95. The number of aliphatic hydroxyl groups excluding tert-OH is 3. The third-order valence-electron chi connectivity index (χ3n) is 3.62. The molecule has 2 aromatic rings. The van der Waals surface area contributed by atoms with Crippen molar-refractivity contribution in [2.24, 2.45) is 7.05 Å². The van der Waals surface area contributed by atoms with Gasteiger partial charge in [-0.2, -0.15) is 4.98 Å². The first-order valence-corrected chi connectivity index (χ1v) is 6.27. The summed E-state index contributed by atoms with van der Waals surface area (Å²) in [5.41, 5.74) is 5.68. The Hall–Kier alpha value is -2.01. The second-order valence-electron chi connectivity index (χ2n) is 4.89. The number of aliphatic hydroxyl groups is 3. The van der Waals surface area contributed by atoms with Crippen LogP contribution in [0.1, 0.15) is 6.23 Å². The Morgan fingerprint density at radius 3 is 2.76 bits per heavy atom. The van der Waals surface area contributed by atoms with Gasteiger partial charge in [0.05, 0.1) is 12.9 Å². The molecule has 4 atom stereocenters. The predicted molar refractivity (Wildman–Crippen MR) is 70.2 cm³/mol. The highest BCUT2D eigenvalue weighted by Gasteiger charge is 2.44. The molecule has 2 aromatic heterocycles. The van der Waals surface area contributed by atoms with Crippen LogP contribution in [0.15, 0.2) is 11.1 Å². The van der Waals surface area contributed by atoms with Gasteiger partial charge in [-0.25, -0.2) is 9.78 Å². The van der Waals surface area contributed by atoms with Gasteiger partial charge in [-0.1, -0.05) is 0 Å². The van der Waals surface area contributed by atoms with Crippen LogP contribution in [0.4, 0.5) is 5.82 Å². The summed E-state index contributed by atoms with van der Waals surface area (Å²) in [4.78, 5) is 19.4. The quantitative estimate of drug-likeness (QED) is 0.468. The van der Waals surface area contributed by atoms with Gasteiger partial charge in [0.2, 0.25) is 0 Å². The highest BCUT2D eigenvalue weighted by atomic mass is 16.6. The molecule has 10 heteroatoms. The number of hydrogen-bond donors (Lipinski definition) is 4. The van der Waals surface area contributed by atoms with Crippen LogP contribution in [0.2, 0.25) is 0 Å². The Balaban J connectivity index is 2.16. The van der Waals surface area contributed by atoms with Crippen LogP contribution in [-0.4, -0.2) is 59.3 Å². The number of nitrogen functional groups attached to an aromatic ring is 1. The number of rotatable bonds is 2. The van der Waals surface area contributed by atoms with Crippen molar-refractivity contribution >= 4 is 17.0 Å². The van der Waals surface area contributed by atoms with E-state index in [0.717, 1.165) is 0 Å². The van der Waals surface area contributed by atoms with Crippen LogP contribution in [0.25, 0.3) is 11.2 Å². The largest absolute Gasteiger partial charge is 0.394 e. The first-order valence-electron chi connectivity index (χ1n) is 6.27. The lowest BCUT2D eigenvalue weighted by atomic mass is 10.1. The van der Waals surface area contributed by atoms with Crippen LogP contribution in [0.5, 0.6) is 0 Å². The zero-order valence-electron chi connectivity index (χ0n) is 11.1. The average molecular weight is 297 g/mol. The predicted octanol–water partition coefficient (Wildman–Crippen LogP) is -2.68. The molecule has 0 bridgehead atoms. The second-order valence-corrected chi connectivity index (χ2v) is 4.89. The molecule has 1 fully saturated rings. The first kappa shape index (κ1) is 13.9. The van der Waals surface area contributed by atoms with Crippen LogP contribution in [0, 0.1) is 0 Å². The van der Waals surface area contributed by atoms with Gasteiger partial charge in [0.1, 0.15) is 29.5 Å². The van der Waals surface area contributed by atoms with Crippen LogP contribution in [0.3, 0.4) is 0 Å². The molecule has 3 rings (SSSR count). The van der Waals surface area contributed by atoms with E-state index in [1.165, 1.54) is 22.5 Å². The van der Waals surface area contributed by atoms with E-state index < -0.39 is 36.8 Å². The molecule has 1 aliphatic rings. The SMILES string of the molecule is Cn1c(=O)nc(N)c2ncn([C@@H]3O[C@H](CO)[C@@H](O)[C@H]3O)c21. The summed E-state index contributed by atoms with van der Waals surface area (Å²) < 4.78 is 8.02. The summed E-state index contributed by atoms with van der Waals surface area (Å²) in [7, 11) is 1.48. The van der Waals surface area contributed by atoms with Crippen molar-refractivity contribution in [2.45, 2.75) is 24.5 Å². The number of nitrogens with two attached hydrogens (primary N) is 1. The summed E-state index contributed by atoms with van der Waals surface area (Å²) >= 11 is 0. The fraction of sp³-hybridized carbons (Fsp3) is 0.545. The molecule has 0 aromatic carbocycles. The number of anilines is 1. The molecule has 0 spiro atoms. The van der Waals surface area contributed by atoms with Crippen molar-refractivity contribution < 1.29 is 20.1 Å². The van der Waals surface area contributed by atoms with E-state index in [2.05, 4.69) is 9.97 Å². The van der Waals surface area contributed by atoms with Crippen LogP contribution < -0.4 is 11.4 Å². The number of fused-ring (bicyclic) bond motifs is 1. The summed E-state index contributed by atoms with van der Waals surface area (Å²) in [5, 5.41) is 29.0. The van der Waals surface area contributed by atoms with Gasteiger partial charge in [0, 0.05) is 7.05 Å². The summed E-state index contributed by atoms with van der Waals surface area (Å²) in [6, 6.07) is 0. The van der Waals surface area contributed by atoms with Gasteiger partial charge in [0.25, 0.3) is 0 Å². The number of nitrogens with zero attached hydrogens (tertiary/aromatic N) is 4. The lowest BCUT2D eigenvalue weighted by Crippen LogP contribution is -2.33. The van der Waals surface area contributed by atoms with Gasteiger partial charge in [0.15, 0.2) is 12.0 Å². The third kappa shape index (κ3) is 1.92. The Morgan fingerprint density at radius 2 is 2.14 bits per heavy atom. The summed E-state index contributed by atoms with van der Waals surface area (Å²) in [5.74, 6) is -0.0291. The fourth-order valence-corrected chi connectivity index (χ4v) is 2.49. The zero-order chi connectivity index (χ0) is 15.3. The average Bonchev–Trinajstić information content (AvgIpc) is 3.00. The lowest BCUT2D eigenvalue weighted by molar-refractivity contribution is -0.0512. The Bertz CT molecular complexity index is 740. The van der Waals surface area contributed by atoms with E-state index in [-0.39, 0.29) is 11.3 Å². The Kier molecular flexibility index (Phi) is 3.17. The minimum Gasteiger partial charge on any atom is -0.394 e. The molecular weight excluding hydrogens is 282 g/mol. The number of aromatic nitrogens is 4. The van der Waals surface area contributed by atoms with E-state index in [1.54, 1.807) is 0 Å². The minimum atomic E-state index is -1.27. The van der Waals surface area contributed by atoms with E-state index in [1.807, 2.05) is 0 Å². The molecule has 10 nitrogen and oxygen atoms in total. The highest BCUT2D eigenvalue weighted by Crippen LogP contribution is 2.31. The molecule has 114 valence electrons. The molecule has 0 aliphatic carbocycles. The normalized spacial score (nSPS) is 29.3. The monoisotopic (exact) mass is 297 g/mol. The van der Waals surface area contributed by atoms with E-state index in [0.29, 0.717) is 5.65 Å². The molecule has 3 heterocycles. The summed E-state index contributed by atoms with van der Waals surface area (Å²) in [6.07, 6.45) is -3.09. The maximum absolute atomic E-state index is 11.7. The van der Waals surface area contributed by atoms with Crippen molar-refractivity contribution in [3.05, 3.63) is 16.8 Å². The molecule has 0 unspecified atom stereocenters. The van der Waals surface area contributed by atoms with Crippen molar-refractivity contribution in [3.63, 3.8) is 0 Å². The zero-order valence-corrected chi connectivity index (χ0v) is 11.1. The molecule has 5 N–H and O–H groups in total. The fourth-order valence-electron chi connectivity index (χ4n) is 2.49. The van der Waals surface area contributed by atoms with Gasteiger partial charge < -0.3 is 25.8 Å². The van der Waals surface area contributed by atoms with Gasteiger partial charge in [-0.15, -0.1) is 0 Å². The third-order valence-corrected chi connectivity index (χ3v) is 3.62. The minimum absolute atomic E-state index is 0.0291. The molecule has 1 aliphatic heterocycles. The number of hydrogen-bond acceptors (Lipinski definition) is 8. The standard InChI is InChI=1S/C11H15N5O5/c1-15-9-5(8(12)14-11(15)20)13-3-16(9)10-7(19)6(18)4(2-17)21-10/h3-4,6-7,10,17-19H,2H2,1H3,(H2,12,14,20)/t4-,6-,7-,10-/m1/s1. The molecule has 1 saturated heterocycles. The van der Waals surface area contributed by atoms with Gasteiger partial charge in [-0.05, 0) is 0 Å². The van der Waals surface area contributed by atoms with Crippen molar-refractivity contribution in [2.75, 3.05) is 12.3 Å². The lowest BCUT2D eigenvalue weighted by Gasteiger charge is -2.17. The van der Waals surface area contributed by atoms with Crippen LogP contribution >= 0.6 is 0 Å². The van der Waals surface area contributed by atoms with Crippen molar-refractivity contribution in [1.29, 1.82) is 0 Å². The maximum Gasteiger partial charge on any atom is 0.350 e. The molecule has 21 heavy (non-hydrogen) atoms. The number of imidazole rings is 1. The second kappa shape index (κ2) is 4.77. The summed E-state index contributed by atoms with van der Waals surface area (Å²) in [6.45, 7) is -0.440. The number of ether oxygens (including phenoxy) is 1. The van der Waals surface area contributed by atoms with Crippen molar-refractivity contribution in [3.8, 4) is 0 Å². The molecule has 0 saturated carbocycles. The highest BCUT2D eigenvalue weighted by molar-refractivity contribution is 5.81.